The topological polar surface area (TPSA) is 106 Å². The molecule has 2 aromatic heterocycles. The van der Waals surface area contributed by atoms with Crippen LogP contribution in [0.1, 0.15) is 18.7 Å². The van der Waals surface area contributed by atoms with Crippen molar-refractivity contribution in [3.8, 4) is 0 Å². The number of aromatic nitrogens is 4. The maximum absolute atomic E-state index is 11.3. The van der Waals surface area contributed by atoms with Crippen molar-refractivity contribution in [1.29, 1.82) is 0 Å². The average Bonchev–Trinajstić information content (AvgIpc) is 2.94. The molecule has 0 saturated heterocycles. The number of nitrogens with one attached hydrogen (secondary N) is 4. The van der Waals surface area contributed by atoms with Gasteiger partial charge in [0.05, 0.1) is 22.8 Å². The molecule has 102 valence electrons. The van der Waals surface area contributed by atoms with Crippen molar-refractivity contribution in [2.24, 2.45) is 0 Å². The zero-order valence-electron chi connectivity index (χ0n) is 10.7. The van der Waals surface area contributed by atoms with Crippen LogP contribution < -0.4 is 16.4 Å². The molecule has 0 saturated carbocycles. The van der Waals surface area contributed by atoms with Crippen molar-refractivity contribution in [3.63, 3.8) is 0 Å². The van der Waals surface area contributed by atoms with Gasteiger partial charge >= 0.3 is 11.1 Å². The number of aromatic amines is 3. The zero-order valence-corrected chi connectivity index (χ0v) is 10.7. The third-order valence-corrected chi connectivity index (χ3v) is 3.09. The van der Waals surface area contributed by atoms with Gasteiger partial charge in [0, 0.05) is 11.9 Å². The van der Waals surface area contributed by atoms with E-state index in [0.29, 0.717) is 11.0 Å². The predicted molar refractivity (Wildman–Crippen MR) is 75.8 cm³/mol. The number of rotatable bonds is 3. The lowest BCUT2D eigenvalue weighted by atomic mass is 10.2. The Kier molecular flexibility index (Phi) is 2.86. The average molecular weight is 271 g/mol. The molecular weight excluding hydrogens is 258 g/mol. The van der Waals surface area contributed by atoms with Gasteiger partial charge in [-0.25, -0.2) is 0 Å². The summed E-state index contributed by atoms with van der Waals surface area (Å²) in [4.78, 5) is 27.6. The van der Waals surface area contributed by atoms with E-state index < -0.39 is 11.1 Å². The summed E-state index contributed by atoms with van der Waals surface area (Å²) in [6.45, 7) is 1.99. The lowest BCUT2D eigenvalue weighted by Crippen LogP contribution is -2.28. The first-order chi connectivity index (χ1) is 9.63. The van der Waals surface area contributed by atoms with Gasteiger partial charge in [-0.2, -0.15) is 5.10 Å². The summed E-state index contributed by atoms with van der Waals surface area (Å²) < 4.78 is 0. The Hall–Kier alpha value is -2.83. The predicted octanol–water partition coefficient (Wildman–Crippen LogP) is 1.11. The van der Waals surface area contributed by atoms with E-state index in [1.54, 1.807) is 18.3 Å². The number of hydrogen-bond acceptors (Lipinski definition) is 4. The number of anilines is 1. The number of hydrogen-bond donors (Lipinski definition) is 4. The van der Waals surface area contributed by atoms with E-state index in [1.807, 2.05) is 19.1 Å². The van der Waals surface area contributed by atoms with Gasteiger partial charge in [0.15, 0.2) is 0 Å². The van der Waals surface area contributed by atoms with Crippen molar-refractivity contribution in [3.05, 3.63) is 56.9 Å². The summed E-state index contributed by atoms with van der Waals surface area (Å²) in [5, 5.41) is 10.1. The monoisotopic (exact) mass is 271 g/mol. The number of nitrogens with zero attached hydrogens (tertiary/aromatic N) is 1. The van der Waals surface area contributed by atoms with Crippen LogP contribution in [-0.2, 0) is 0 Å². The van der Waals surface area contributed by atoms with Gasteiger partial charge in [0.25, 0.3) is 0 Å². The van der Waals surface area contributed by atoms with Gasteiger partial charge in [0.1, 0.15) is 0 Å². The van der Waals surface area contributed by atoms with Crippen molar-refractivity contribution < 1.29 is 0 Å². The minimum Gasteiger partial charge on any atom is -0.377 e. The molecule has 0 aliphatic rings. The number of H-pyrrole nitrogens is 3. The Morgan fingerprint density at radius 2 is 1.85 bits per heavy atom. The molecule has 7 nitrogen and oxygen atoms in total. The van der Waals surface area contributed by atoms with Crippen LogP contribution in [-0.4, -0.2) is 20.2 Å². The lowest BCUT2D eigenvalue weighted by Gasteiger charge is -2.13. The molecule has 1 unspecified atom stereocenters. The molecule has 2 heterocycles. The van der Waals surface area contributed by atoms with Gasteiger partial charge in [-0.15, -0.1) is 0 Å². The fraction of sp³-hybridized carbons (Fsp3) is 0.154. The summed E-state index contributed by atoms with van der Waals surface area (Å²) >= 11 is 0. The first kappa shape index (κ1) is 12.2. The third kappa shape index (κ3) is 2.20. The Bertz CT molecular complexity index is 847. The van der Waals surface area contributed by atoms with Gasteiger partial charge in [-0.3, -0.25) is 14.7 Å². The molecule has 0 radical (unpaired) electrons. The molecule has 0 fully saturated rings. The van der Waals surface area contributed by atoms with E-state index in [1.165, 1.54) is 0 Å². The molecule has 0 spiro atoms. The van der Waals surface area contributed by atoms with Crippen LogP contribution in [0.15, 0.2) is 40.1 Å². The van der Waals surface area contributed by atoms with Gasteiger partial charge < -0.3 is 15.3 Å². The number of benzene rings is 1. The lowest BCUT2D eigenvalue weighted by molar-refractivity contribution is 0.826. The largest absolute Gasteiger partial charge is 0.377 e. The minimum atomic E-state index is -0.656. The quantitative estimate of drug-likeness (QED) is 0.535. The second-order valence-electron chi connectivity index (χ2n) is 4.55. The van der Waals surface area contributed by atoms with E-state index in [4.69, 9.17) is 0 Å². The second kappa shape index (κ2) is 4.69. The summed E-state index contributed by atoms with van der Waals surface area (Å²) in [7, 11) is 0. The van der Waals surface area contributed by atoms with Crippen molar-refractivity contribution in [1.82, 2.24) is 20.2 Å². The Morgan fingerprint density at radius 3 is 2.55 bits per heavy atom. The van der Waals surface area contributed by atoms with Gasteiger partial charge in [-0.1, -0.05) is 0 Å². The summed E-state index contributed by atoms with van der Waals surface area (Å²) in [6, 6.07) is 7.29. The van der Waals surface area contributed by atoms with E-state index in [-0.39, 0.29) is 6.04 Å². The van der Waals surface area contributed by atoms with Crippen molar-refractivity contribution >= 4 is 16.7 Å². The first-order valence-electron chi connectivity index (χ1n) is 6.15. The summed E-state index contributed by atoms with van der Waals surface area (Å²) in [5.41, 5.74) is 1.66. The Morgan fingerprint density at radius 1 is 1.10 bits per heavy atom. The first-order valence-corrected chi connectivity index (χ1v) is 6.15. The molecule has 4 N–H and O–H groups in total. The normalized spacial score (nSPS) is 12.4. The van der Waals surface area contributed by atoms with Gasteiger partial charge in [0.2, 0.25) is 0 Å². The smallest absolute Gasteiger partial charge is 0.314 e. The van der Waals surface area contributed by atoms with E-state index >= 15 is 0 Å². The SMILES string of the molecule is CC(Nc1ccc2[nH]c(=O)c(=O)[nH]c2c1)c1ccn[nH]1. The molecule has 3 rings (SSSR count). The molecule has 0 amide bonds. The third-order valence-electron chi connectivity index (χ3n) is 3.09. The molecule has 7 heteroatoms. The zero-order chi connectivity index (χ0) is 14.1. The molecule has 1 aromatic carbocycles. The molecular formula is C13H13N5O2. The van der Waals surface area contributed by atoms with Crippen molar-refractivity contribution in [2.45, 2.75) is 13.0 Å². The molecule has 0 aliphatic carbocycles. The van der Waals surface area contributed by atoms with E-state index in [0.717, 1.165) is 11.4 Å². The highest BCUT2D eigenvalue weighted by Gasteiger charge is 2.07. The molecule has 0 aliphatic heterocycles. The molecule has 20 heavy (non-hydrogen) atoms. The molecule has 1 atom stereocenters. The summed E-state index contributed by atoms with van der Waals surface area (Å²) in [6.07, 6.45) is 1.69. The maximum Gasteiger partial charge on any atom is 0.314 e. The van der Waals surface area contributed by atoms with Crippen LogP contribution >= 0.6 is 0 Å². The Balaban J connectivity index is 1.95. The standard InChI is InChI=1S/C13H13N5O2/c1-7(9-4-5-14-18-9)15-8-2-3-10-11(6-8)17-13(20)12(19)16-10/h2-7,15H,1H3,(H,14,18)(H,16,19)(H,17,20). The van der Waals surface area contributed by atoms with Crippen LogP contribution in [0.2, 0.25) is 0 Å². The fourth-order valence-electron chi connectivity index (χ4n) is 2.04. The molecule has 3 aromatic rings. The summed E-state index contributed by atoms with van der Waals surface area (Å²) in [5.74, 6) is 0. The van der Waals surface area contributed by atoms with E-state index in [9.17, 15) is 9.59 Å². The fourth-order valence-corrected chi connectivity index (χ4v) is 2.04. The van der Waals surface area contributed by atoms with Crippen LogP contribution in [0.4, 0.5) is 5.69 Å². The van der Waals surface area contributed by atoms with Crippen LogP contribution in [0, 0.1) is 0 Å². The van der Waals surface area contributed by atoms with Crippen molar-refractivity contribution in [2.75, 3.05) is 5.32 Å². The van der Waals surface area contributed by atoms with Crippen LogP contribution in [0.5, 0.6) is 0 Å². The van der Waals surface area contributed by atoms with E-state index in [2.05, 4.69) is 25.5 Å². The van der Waals surface area contributed by atoms with Crippen LogP contribution in [0.3, 0.4) is 0 Å². The second-order valence-corrected chi connectivity index (χ2v) is 4.55. The van der Waals surface area contributed by atoms with Crippen LogP contribution in [0.25, 0.3) is 11.0 Å². The minimum absolute atomic E-state index is 0.0458. The highest BCUT2D eigenvalue weighted by atomic mass is 16.2. The highest BCUT2D eigenvalue weighted by molar-refractivity contribution is 5.78. The highest BCUT2D eigenvalue weighted by Crippen LogP contribution is 2.19. The Labute approximate surface area is 113 Å². The van der Waals surface area contributed by atoms with Gasteiger partial charge in [-0.05, 0) is 31.2 Å². The maximum atomic E-state index is 11.3. The molecule has 0 bridgehead atoms. The number of fused-ring (bicyclic) bond motifs is 1.